The molecule has 1 fully saturated rings. The molecular formula is C22H23N3O3. The van der Waals surface area contributed by atoms with E-state index >= 15 is 0 Å². The van der Waals surface area contributed by atoms with E-state index in [0.29, 0.717) is 30.8 Å². The second-order valence-electron chi connectivity index (χ2n) is 6.95. The molecule has 0 N–H and O–H groups in total. The molecule has 0 radical (unpaired) electrons. The number of carbonyl (C=O) groups excluding carboxylic acids is 2. The number of nitrogens with zero attached hydrogens (tertiary/aromatic N) is 3. The first-order valence-corrected chi connectivity index (χ1v) is 9.15. The van der Waals surface area contributed by atoms with Crippen LogP contribution in [0.2, 0.25) is 0 Å². The molecule has 6 heteroatoms. The van der Waals surface area contributed by atoms with E-state index in [1.807, 2.05) is 49.1 Å². The first-order chi connectivity index (χ1) is 13.4. The Morgan fingerprint density at radius 3 is 2.61 bits per heavy atom. The summed E-state index contributed by atoms with van der Waals surface area (Å²) in [6.07, 6.45) is 0. The lowest BCUT2D eigenvalue weighted by molar-refractivity contribution is -0.131. The van der Waals surface area contributed by atoms with Crippen LogP contribution in [0.25, 0.3) is 0 Å². The molecule has 1 aliphatic heterocycles. The summed E-state index contributed by atoms with van der Waals surface area (Å²) >= 11 is 0. The van der Waals surface area contributed by atoms with E-state index in [1.54, 1.807) is 11.0 Å². The summed E-state index contributed by atoms with van der Waals surface area (Å²) < 4.78 is 4.86. The zero-order chi connectivity index (χ0) is 20.3. The van der Waals surface area contributed by atoms with Crippen molar-refractivity contribution in [1.29, 1.82) is 5.26 Å². The van der Waals surface area contributed by atoms with Crippen LogP contribution in [0.5, 0.6) is 0 Å². The maximum atomic E-state index is 12.7. The fraction of sp³-hybridized carbons (Fsp3) is 0.318. The van der Waals surface area contributed by atoms with Gasteiger partial charge in [-0.3, -0.25) is 4.79 Å². The van der Waals surface area contributed by atoms with Crippen LogP contribution < -0.4 is 4.90 Å². The molecule has 28 heavy (non-hydrogen) atoms. The second-order valence-corrected chi connectivity index (χ2v) is 6.95. The van der Waals surface area contributed by atoms with Gasteiger partial charge in [0.25, 0.3) is 0 Å². The van der Waals surface area contributed by atoms with Gasteiger partial charge in [0.1, 0.15) is 6.07 Å². The van der Waals surface area contributed by atoms with Crippen molar-refractivity contribution < 1.29 is 14.3 Å². The van der Waals surface area contributed by atoms with E-state index in [2.05, 4.69) is 6.07 Å². The van der Waals surface area contributed by atoms with Crippen molar-refractivity contribution in [2.75, 3.05) is 31.6 Å². The van der Waals surface area contributed by atoms with Crippen molar-refractivity contribution in [3.8, 4) is 6.07 Å². The van der Waals surface area contributed by atoms with Crippen LogP contribution in [0.3, 0.4) is 0 Å². The summed E-state index contributed by atoms with van der Waals surface area (Å²) in [6.45, 7) is 5.74. The van der Waals surface area contributed by atoms with Gasteiger partial charge in [0.2, 0.25) is 5.91 Å². The molecule has 1 heterocycles. The van der Waals surface area contributed by atoms with Crippen LogP contribution in [0.1, 0.15) is 32.6 Å². The number of piperazine rings is 1. The summed E-state index contributed by atoms with van der Waals surface area (Å²) in [4.78, 5) is 28.5. The third kappa shape index (κ3) is 3.84. The molecule has 144 valence electrons. The number of carbonyl (C=O) groups is 2. The van der Waals surface area contributed by atoms with E-state index in [4.69, 9.17) is 4.74 Å². The number of hydrogen-bond donors (Lipinski definition) is 0. The zero-order valence-corrected chi connectivity index (χ0v) is 16.4. The zero-order valence-electron chi connectivity index (χ0n) is 16.4. The number of rotatable bonds is 4. The number of para-hydroxylation sites is 1. The lowest BCUT2D eigenvalue weighted by Gasteiger charge is -2.36. The normalized spacial score (nSPS) is 14.0. The van der Waals surface area contributed by atoms with Gasteiger partial charge >= 0.3 is 5.97 Å². The SMILES string of the molecule is COC(=O)c1cc(CN2CCN(c3ccccc3C#N)CC2=O)c(C)cc1C. The van der Waals surface area contributed by atoms with Gasteiger partial charge in [0.15, 0.2) is 0 Å². The van der Waals surface area contributed by atoms with Gasteiger partial charge in [-0.05, 0) is 48.7 Å². The lowest BCUT2D eigenvalue weighted by atomic mass is 9.99. The average molecular weight is 377 g/mol. The summed E-state index contributed by atoms with van der Waals surface area (Å²) in [5.74, 6) is -0.374. The fourth-order valence-electron chi connectivity index (χ4n) is 3.53. The Morgan fingerprint density at radius 1 is 1.18 bits per heavy atom. The van der Waals surface area contributed by atoms with Gasteiger partial charge in [-0.15, -0.1) is 0 Å². The number of ether oxygens (including phenoxy) is 1. The molecule has 0 spiro atoms. The highest BCUT2D eigenvalue weighted by atomic mass is 16.5. The number of hydrogen-bond acceptors (Lipinski definition) is 5. The monoisotopic (exact) mass is 377 g/mol. The van der Waals surface area contributed by atoms with Crippen LogP contribution in [0.4, 0.5) is 5.69 Å². The molecule has 3 rings (SSSR count). The Bertz CT molecular complexity index is 962. The molecule has 0 bridgehead atoms. The van der Waals surface area contributed by atoms with Gasteiger partial charge < -0.3 is 14.5 Å². The van der Waals surface area contributed by atoms with Crippen LogP contribution in [-0.4, -0.2) is 43.5 Å². The third-order valence-electron chi connectivity index (χ3n) is 5.13. The van der Waals surface area contributed by atoms with Gasteiger partial charge in [-0.25, -0.2) is 4.79 Å². The van der Waals surface area contributed by atoms with Crippen molar-refractivity contribution >= 4 is 17.6 Å². The van der Waals surface area contributed by atoms with E-state index in [1.165, 1.54) is 7.11 Å². The Balaban J connectivity index is 1.77. The Labute approximate surface area is 164 Å². The summed E-state index contributed by atoms with van der Waals surface area (Å²) in [6, 6.07) is 13.3. The van der Waals surface area contributed by atoms with Crippen LogP contribution in [0.15, 0.2) is 36.4 Å². The van der Waals surface area contributed by atoms with Crippen molar-refractivity contribution in [1.82, 2.24) is 4.90 Å². The van der Waals surface area contributed by atoms with Crippen LogP contribution in [0, 0.1) is 25.2 Å². The highest BCUT2D eigenvalue weighted by molar-refractivity contribution is 5.91. The molecule has 0 saturated carbocycles. The van der Waals surface area contributed by atoms with Crippen molar-refractivity contribution in [3.05, 3.63) is 64.2 Å². The van der Waals surface area contributed by atoms with E-state index < -0.39 is 0 Å². The topological polar surface area (TPSA) is 73.6 Å². The minimum Gasteiger partial charge on any atom is -0.465 e. The standard InChI is InChI=1S/C22H23N3O3/c1-15-10-16(2)19(22(27)28-3)11-18(15)13-25-9-8-24(14-21(25)26)20-7-5-4-6-17(20)12-23/h4-7,10-11H,8-9,13-14H2,1-3H3. The largest absolute Gasteiger partial charge is 0.465 e. The molecule has 1 saturated heterocycles. The molecule has 0 unspecified atom stereocenters. The first kappa shape index (κ1) is 19.4. The minimum atomic E-state index is -0.372. The van der Waals surface area contributed by atoms with E-state index in [0.717, 1.165) is 22.4 Å². The van der Waals surface area contributed by atoms with Crippen LogP contribution >= 0.6 is 0 Å². The summed E-state index contributed by atoms with van der Waals surface area (Å²) in [7, 11) is 1.36. The number of amides is 1. The minimum absolute atomic E-state index is 0.00131. The first-order valence-electron chi connectivity index (χ1n) is 9.15. The summed E-state index contributed by atoms with van der Waals surface area (Å²) in [5, 5.41) is 9.30. The van der Waals surface area contributed by atoms with Gasteiger partial charge in [-0.2, -0.15) is 5.26 Å². The molecular weight excluding hydrogens is 354 g/mol. The summed E-state index contributed by atoms with van der Waals surface area (Å²) in [5.41, 5.74) is 4.72. The molecule has 0 atom stereocenters. The molecule has 0 aliphatic carbocycles. The Morgan fingerprint density at radius 2 is 1.93 bits per heavy atom. The highest BCUT2D eigenvalue weighted by Gasteiger charge is 2.26. The molecule has 2 aromatic rings. The number of benzene rings is 2. The second kappa shape index (κ2) is 8.13. The van der Waals surface area contributed by atoms with Crippen molar-refractivity contribution in [2.45, 2.75) is 20.4 Å². The third-order valence-corrected chi connectivity index (χ3v) is 5.13. The maximum absolute atomic E-state index is 12.7. The lowest BCUT2D eigenvalue weighted by Crippen LogP contribution is -2.50. The number of methoxy groups -OCH3 is 1. The van der Waals surface area contributed by atoms with E-state index in [-0.39, 0.29) is 18.4 Å². The number of anilines is 1. The Hall–Kier alpha value is -3.33. The number of esters is 1. The maximum Gasteiger partial charge on any atom is 0.338 e. The predicted octanol–water partition coefficient (Wildman–Crippen LogP) is 2.81. The van der Waals surface area contributed by atoms with Gasteiger partial charge in [0, 0.05) is 19.6 Å². The molecule has 2 aromatic carbocycles. The van der Waals surface area contributed by atoms with E-state index in [9.17, 15) is 14.9 Å². The quantitative estimate of drug-likeness (QED) is 0.766. The van der Waals surface area contributed by atoms with Gasteiger partial charge in [0.05, 0.1) is 30.5 Å². The molecule has 1 amide bonds. The fourth-order valence-corrected chi connectivity index (χ4v) is 3.53. The average Bonchev–Trinajstić information content (AvgIpc) is 2.70. The highest BCUT2D eigenvalue weighted by Crippen LogP contribution is 2.23. The molecule has 6 nitrogen and oxygen atoms in total. The number of nitriles is 1. The molecule has 0 aromatic heterocycles. The van der Waals surface area contributed by atoms with Crippen LogP contribution in [-0.2, 0) is 16.1 Å². The smallest absolute Gasteiger partial charge is 0.338 e. The molecule has 1 aliphatic rings. The number of aryl methyl sites for hydroxylation is 2. The predicted molar refractivity (Wildman–Crippen MR) is 106 cm³/mol. The van der Waals surface area contributed by atoms with Crippen molar-refractivity contribution in [3.63, 3.8) is 0 Å². The van der Waals surface area contributed by atoms with Gasteiger partial charge in [-0.1, -0.05) is 18.2 Å². The van der Waals surface area contributed by atoms with Crippen molar-refractivity contribution in [2.24, 2.45) is 0 Å². The Kier molecular flexibility index (Phi) is 5.65.